The van der Waals surface area contributed by atoms with Gasteiger partial charge in [-0.2, -0.15) is 0 Å². The highest BCUT2D eigenvalue weighted by molar-refractivity contribution is 5.29. The van der Waals surface area contributed by atoms with Gasteiger partial charge in [-0.05, 0) is 6.08 Å². The van der Waals surface area contributed by atoms with Crippen LogP contribution in [0.2, 0.25) is 0 Å². The lowest BCUT2D eigenvalue weighted by atomic mass is 10.3. The fourth-order valence-corrected chi connectivity index (χ4v) is 0.577. The maximum atomic E-state index is 11.7. The van der Waals surface area contributed by atoms with Crippen LogP contribution in [0.3, 0.4) is 0 Å². The maximum absolute atomic E-state index is 11.7. The standard InChI is InChI=1S/C6H3F4N/c7-5(8)3-1-4(6(9)10)11-2-3/h1,5-6H. The van der Waals surface area contributed by atoms with Gasteiger partial charge in [0.2, 0.25) is 0 Å². The largest absolute Gasteiger partial charge is 0.280 e. The van der Waals surface area contributed by atoms with E-state index in [0.717, 1.165) is 0 Å². The first-order valence-corrected chi connectivity index (χ1v) is 2.72. The Morgan fingerprint density at radius 3 is 2.09 bits per heavy atom. The quantitative estimate of drug-likeness (QED) is 0.553. The zero-order chi connectivity index (χ0) is 8.43. The molecule has 0 saturated carbocycles. The molecule has 1 aliphatic heterocycles. The van der Waals surface area contributed by atoms with Crippen molar-refractivity contribution in [3.05, 3.63) is 23.5 Å². The molecule has 0 atom stereocenters. The molecular formula is C6H3F4N. The molecule has 0 aromatic rings. The Labute approximate surface area is 60.4 Å². The van der Waals surface area contributed by atoms with Gasteiger partial charge in [-0.3, -0.25) is 0 Å². The Balaban J connectivity index is 2.63. The molecule has 1 rings (SSSR count). The lowest BCUT2D eigenvalue weighted by molar-refractivity contribution is 0.182. The normalized spacial score (nSPS) is 16.9. The lowest BCUT2D eigenvalue weighted by Crippen LogP contribution is -2.02. The van der Waals surface area contributed by atoms with Crippen LogP contribution < -0.4 is 5.32 Å². The van der Waals surface area contributed by atoms with Crippen LogP contribution in [0.15, 0.2) is 17.3 Å². The van der Waals surface area contributed by atoms with Gasteiger partial charge in [-0.25, -0.2) is 22.9 Å². The van der Waals surface area contributed by atoms with E-state index >= 15 is 0 Å². The van der Waals surface area contributed by atoms with Crippen molar-refractivity contribution < 1.29 is 17.6 Å². The van der Waals surface area contributed by atoms with Gasteiger partial charge in [0, 0.05) is 5.57 Å². The highest BCUT2D eigenvalue weighted by atomic mass is 19.3. The highest BCUT2D eigenvalue weighted by Crippen LogP contribution is 2.20. The molecule has 1 nitrogen and oxygen atoms in total. The van der Waals surface area contributed by atoms with Crippen molar-refractivity contribution in [2.45, 2.75) is 12.9 Å². The summed E-state index contributed by atoms with van der Waals surface area (Å²) < 4.78 is 46.9. The predicted octanol–water partition coefficient (Wildman–Crippen LogP) is 1.71. The second kappa shape index (κ2) is 2.94. The minimum absolute atomic E-state index is 0.583. The minimum Gasteiger partial charge on any atom is -0.245 e. The maximum Gasteiger partial charge on any atom is 0.280 e. The number of alkyl halides is 4. The smallest absolute Gasteiger partial charge is 0.245 e. The lowest BCUT2D eigenvalue weighted by Gasteiger charge is -1.94. The Morgan fingerprint density at radius 2 is 1.82 bits per heavy atom. The molecule has 0 saturated heterocycles. The number of hydrogen-bond donors (Lipinski definition) is 0. The van der Waals surface area contributed by atoms with Crippen molar-refractivity contribution in [1.82, 2.24) is 5.32 Å². The third kappa shape index (κ3) is 1.72. The summed E-state index contributed by atoms with van der Waals surface area (Å²) >= 11 is 0. The predicted molar refractivity (Wildman–Crippen MR) is 29.0 cm³/mol. The van der Waals surface area contributed by atoms with E-state index in [1.165, 1.54) is 0 Å². The van der Waals surface area contributed by atoms with Gasteiger partial charge in [-0.1, -0.05) is 0 Å². The van der Waals surface area contributed by atoms with Crippen LogP contribution in [0.25, 0.3) is 0 Å². The molecule has 0 aromatic carbocycles. The van der Waals surface area contributed by atoms with E-state index in [0.29, 0.717) is 6.08 Å². The number of rotatable bonds is 2. The van der Waals surface area contributed by atoms with Gasteiger partial charge in [0.1, 0.15) is 5.70 Å². The van der Waals surface area contributed by atoms with Gasteiger partial charge < -0.3 is 0 Å². The third-order valence-corrected chi connectivity index (χ3v) is 1.08. The number of nitrogens with zero attached hydrogens (tertiary/aromatic N) is 1. The summed E-state index contributed by atoms with van der Waals surface area (Å²) in [5.41, 5.74) is -1.24. The molecule has 60 valence electrons. The summed E-state index contributed by atoms with van der Waals surface area (Å²) in [5.74, 6) is 0. The molecule has 0 spiro atoms. The second-order valence-electron chi connectivity index (χ2n) is 1.85. The molecule has 0 unspecified atom stereocenters. The molecule has 0 N–H and O–H groups in total. The van der Waals surface area contributed by atoms with Crippen LogP contribution >= 0.6 is 0 Å². The summed E-state index contributed by atoms with van der Waals surface area (Å²) in [6, 6.07) is 0. The van der Waals surface area contributed by atoms with E-state index in [1.54, 1.807) is 6.20 Å². The average Bonchev–Trinajstić information content (AvgIpc) is 2.33. The number of allylic oxidation sites excluding steroid dienone is 3. The van der Waals surface area contributed by atoms with Gasteiger partial charge in [0.25, 0.3) is 12.9 Å². The fraction of sp³-hybridized carbons (Fsp3) is 0.333. The molecule has 1 heterocycles. The fourth-order valence-electron chi connectivity index (χ4n) is 0.577. The number of hydrogen-bond acceptors (Lipinski definition) is 0. The summed E-state index contributed by atoms with van der Waals surface area (Å²) in [6.07, 6.45) is -3.13. The van der Waals surface area contributed by atoms with E-state index in [2.05, 4.69) is 5.32 Å². The number of halogens is 4. The van der Waals surface area contributed by atoms with Gasteiger partial charge in [0.15, 0.2) is 0 Å². The van der Waals surface area contributed by atoms with Gasteiger partial charge >= 0.3 is 0 Å². The Kier molecular flexibility index (Phi) is 2.16. The summed E-state index contributed by atoms with van der Waals surface area (Å²) in [7, 11) is 0. The van der Waals surface area contributed by atoms with Gasteiger partial charge in [-0.15, -0.1) is 0 Å². The molecule has 2 radical (unpaired) electrons. The van der Waals surface area contributed by atoms with Crippen molar-refractivity contribution in [3.8, 4) is 0 Å². The molecule has 11 heavy (non-hydrogen) atoms. The molecule has 0 aromatic heterocycles. The van der Waals surface area contributed by atoms with Crippen LogP contribution in [0.5, 0.6) is 0 Å². The topological polar surface area (TPSA) is 14.1 Å². The highest BCUT2D eigenvalue weighted by Gasteiger charge is 2.21. The average molecular weight is 165 g/mol. The zero-order valence-corrected chi connectivity index (χ0v) is 5.19. The summed E-state index contributed by atoms with van der Waals surface area (Å²) in [4.78, 5) is 0. The third-order valence-electron chi connectivity index (χ3n) is 1.08. The van der Waals surface area contributed by atoms with E-state index < -0.39 is 24.1 Å². The summed E-state index contributed by atoms with van der Waals surface area (Å²) in [5, 5.41) is 2.98. The van der Waals surface area contributed by atoms with Crippen LogP contribution in [0, 0.1) is 6.20 Å². The van der Waals surface area contributed by atoms with E-state index in [-0.39, 0.29) is 0 Å². The first-order valence-electron chi connectivity index (χ1n) is 2.72. The molecule has 0 aliphatic carbocycles. The molecule has 1 aliphatic rings. The van der Waals surface area contributed by atoms with Gasteiger partial charge in [0.05, 0.1) is 6.20 Å². The Hall–Kier alpha value is -1.00. The SMILES string of the molecule is FC(F)C1=[C][N]C(C(F)F)=C1. The van der Waals surface area contributed by atoms with Crippen molar-refractivity contribution in [3.63, 3.8) is 0 Å². The molecule has 0 bridgehead atoms. The molecule has 5 heteroatoms. The van der Waals surface area contributed by atoms with Crippen molar-refractivity contribution in [2.75, 3.05) is 0 Å². The molecular weight excluding hydrogens is 162 g/mol. The van der Waals surface area contributed by atoms with Crippen molar-refractivity contribution in [1.29, 1.82) is 0 Å². The minimum atomic E-state index is -2.81. The van der Waals surface area contributed by atoms with Crippen LogP contribution in [-0.2, 0) is 0 Å². The first-order chi connectivity index (χ1) is 5.11. The van der Waals surface area contributed by atoms with Crippen LogP contribution in [-0.4, -0.2) is 12.9 Å². The first kappa shape index (κ1) is 8.10. The second-order valence-corrected chi connectivity index (χ2v) is 1.85. The molecule has 0 amide bonds. The van der Waals surface area contributed by atoms with E-state index in [1.807, 2.05) is 0 Å². The van der Waals surface area contributed by atoms with Crippen LogP contribution in [0.1, 0.15) is 0 Å². The zero-order valence-electron chi connectivity index (χ0n) is 5.19. The van der Waals surface area contributed by atoms with Crippen LogP contribution in [0.4, 0.5) is 17.6 Å². The molecule has 0 fully saturated rings. The van der Waals surface area contributed by atoms with Crippen molar-refractivity contribution >= 4 is 0 Å². The Bertz CT molecular complexity index is 207. The van der Waals surface area contributed by atoms with E-state index in [9.17, 15) is 17.6 Å². The monoisotopic (exact) mass is 165 g/mol. The van der Waals surface area contributed by atoms with E-state index in [4.69, 9.17) is 0 Å². The summed E-state index contributed by atoms with van der Waals surface area (Å²) in [6.45, 7) is 0. The Morgan fingerprint density at radius 1 is 1.18 bits per heavy atom. The van der Waals surface area contributed by atoms with Crippen molar-refractivity contribution in [2.24, 2.45) is 0 Å².